The first-order valence-corrected chi connectivity index (χ1v) is 4.12. The minimum Gasteiger partial charge on any atom is -0.394 e. The van der Waals surface area contributed by atoms with Crippen molar-refractivity contribution >= 4 is 5.78 Å². The zero-order valence-corrected chi connectivity index (χ0v) is 7.53. The molecule has 0 aliphatic carbocycles. The molecule has 0 amide bonds. The van der Waals surface area contributed by atoms with E-state index in [0.29, 0.717) is 5.56 Å². The largest absolute Gasteiger partial charge is 0.394 e. The molecule has 0 aromatic heterocycles. The van der Waals surface area contributed by atoms with E-state index in [2.05, 4.69) is 0 Å². The van der Waals surface area contributed by atoms with Gasteiger partial charge < -0.3 is 10.8 Å². The Morgan fingerprint density at radius 2 is 2.00 bits per heavy atom. The summed E-state index contributed by atoms with van der Waals surface area (Å²) in [5.74, 6) is -0.220. The first-order valence-electron chi connectivity index (χ1n) is 4.12. The zero-order chi connectivity index (χ0) is 9.84. The molecular formula is C10H13NO2. The van der Waals surface area contributed by atoms with Gasteiger partial charge in [-0.1, -0.05) is 29.8 Å². The van der Waals surface area contributed by atoms with E-state index in [4.69, 9.17) is 10.8 Å². The summed E-state index contributed by atoms with van der Waals surface area (Å²) in [5.41, 5.74) is 7.03. The maximum atomic E-state index is 11.4. The molecule has 70 valence electrons. The van der Waals surface area contributed by atoms with Crippen molar-refractivity contribution in [1.82, 2.24) is 0 Å². The van der Waals surface area contributed by atoms with Crippen molar-refractivity contribution in [2.75, 3.05) is 6.61 Å². The van der Waals surface area contributed by atoms with Crippen LogP contribution in [0.4, 0.5) is 0 Å². The standard InChI is InChI=1S/C10H13NO2/c1-7-2-4-8(5-3-7)10(13)9(11)6-12/h2-5,9,12H,6,11H2,1H3. The predicted molar refractivity (Wildman–Crippen MR) is 50.6 cm³/mol. The van der Waals surface area contributed by atoms with Crippen LogP contribution >= 0.6 is 0 Å². The second-order valence-corrected chi connectivity index (χ2v) is 3.02. The molecule has 0 heterocycles. The topological polar surface area (TPSA) is 63.3 Å². The molecule has 1 atom stereocenters. The highest BCUT2D eigenvalue weighted by atomic mass is 16.3. The number of carbonyl (C=O) groups excluding carboxylic acids is 1. The Morgan fingerprint density at radius 3 is 2.46 bits per heavy atom. The van der Waals surface area contributed by atoms with E-state index in [-0.39, 0.29) is 12.4 Å². The molecule has 0 bridgehead atoms. The Bertz CT molecular complexity index is 292. The van der Waals surface area contributed by atoms with Gasteiger partial charge in [0.05, 0.1) is 12.6 Å². The highest BCUT2D eigenvalue weighted by Crippen LogP contribution is 2.05. The van der Waals surface area contributed by atoms with Crippen LogP contribution in [0, 0.1) is 6.92 Å². The fraction of sp³-hybridized carbons (Fsp3) is 0.300. The second-order valence-electron chi connectivity index (χ2n) is 3.02. The van der Waals surface area contributed by atoms with Crippen LogP contribution in [-0.2, 0) is 0 Å². The normalized spacial score (nSPS) is 12.5. The van der Waals surface area contributed by atoms with Crippen LogP contribution in [0.25, 0.3) is 0 Å². The Morgan fingerprint density at radius 1 is 1.46 bits per heavy atom. The third-order valence-corrected chi connectivity index (χ3v) is 1.87. The van der Waals surface area contributed by atoms with Crippen LogP contribution in [0.15, 0.2) is 24.3 Å². The van der Waals surface area contributed by atoms with Crippen LogP contribution in [0.2, 0.25) is 0 Å². The lowest BCUT2D eigenvalue weighted by Gasteiger charge is -2.06. The number of aliphatic hydroxyl groups excluding tert-OH is 1. The number of aliphatic hydroxyl groups is 1. The SMILES string of the molecule is Cc1ccc(C(=O)C(N)CO)cc1. The Labute approximate surface area is 77.2 Å². The van der Waals surface area contributed by atoms with E-state index in [0.717, 1.165) is 5.56 Å². The van der Waals surface area contributed by atoms with Gasteiger partial charge in [-0.05, 0) is 6.92 Å². The summed E-state index contributed by atoms with van der Waals surface area (Å²) < 4.78 is 0. The summed E-state index contributed by atoms with van der Waals surface area (Å²) >= 11 is 0. The molecule has 1 unspecified atom stereocenters. The van der Waals surface area contributed by atoms with Gasteiger partial charge in [-0.25, -0.2) is 0 Å². The molecule has 0 spiro atoms. The molecule has 3 nitrogen and oxygen atoms in total. The highest BCUT2D eigenvalue weighted by Gasteiger charge is 2.13. The second kappa shape index (κ2) is 4.16. The van der Waals surface area contributed by atoms with Gasteiger partial charge in [-0.3, -0.25) is 4.79 Å². The summed E-state index contributed by atoms with van der Waals surface area (Å²) in [5, 5.41) is 8.68. The first-order chi connectivity index (χ1) is 6.15. The van der Waals surface area contributed by atoms with Gasteiger partial charge in [0.1, 0.15) is 0 Å². The molecule has 0 aliphatic heterocycles. The summed E-state index contributed by atoms with van der Waals surface area (Å²) in [6.07, 6.45) is 0. The molecule has 0 saturated carbocycles. The minimum absolute atomic E-state index is 0.220. The van der Waals surface area contributed by atoms with Gasteiger partial charge in [-0.15, -0.1) is 0 Å². The quantitative estimate of drug-likeness (QED) is 0.664. The maximum absolute atomic E-state index is 11.4. The smallest absolute Gasteiger partial charge is 0.181 e. The number of ketones is 1. The average Bonchev–Trinajstić information content (AvgIpc) is 2.17. The summed E-state index contributed by atoms with van der Waals surface area (Å²) in [6.45, 7) is 1.63. The van der Waals surface area contributed by atoms with Gasteiger partial charge in [0.2, 0.25) is 0 Å². The van der Waals surface area contributed by atoms with E-state index >= 15 is 0 Å². The number of benzene rings is 1. The Hall–Kier alpha value is -1.19. The molecule has 1 aromatic rings. The lowest BCUT2D eigenvalue weighted by molar-refractivity contribution is 0.0925. The summed E-state index contributed by atoms with van der Waals surface area (Å²) in [4.78, 5) is 11.4. The van der Waals surface area contributed by atoms with Crippen LogP contribution in [0.5, 0.6) is 0 Å². The number of Topliss-reactive ketones (excluding diaryl/α,β-unsaturated/α-hetero) is 1. The van der Waals surface area contributed by atoms with Crippen molar-refractivity contribution in [2.45, 2.75) is 13.0 Å². The van der Waals surface area contributed by atoms with E-state index in [1.54, 1.807) is 12.1 Å². The van der Waals surface area contributed by atoms with Gasteiger partial charge in [-0.2, -0.15) is 0 Å². The fourth-order valence-corrected chi connectivity index (χ4v) is 1.01. The molecule has 0 saturated heterocycles. The molecule has 3 heteroatoms. The first kappa shape index (κ1) is 9.89. The van der Waals surface area contributed by atoms with Gasteiger partial charge in [0.15, 0.2) is 5.78 Å². The number of hydrogen-bond acceptors (Lipinski definition) is 3. The van der Waals surface area contributed by atoms with Crippen LogP contribution in [0.3, 0.4) is 0 Å². The van der Waals surface area contributed by atoms with Gasteiger partial charge in [0, 0.05) is 5.56 Å². The van der Waals surface area contributed by atoms with Crippen molar-refractivity contribution in [3.05, 3.63) is 35.4 Å². The number of carbonyl (C=O) groups is 1. The minimum atomic E-state index is -0.803. The average molecular weight is 179 g/mol. The summed E-state index contributed by atoms with van der Waals surface area (Å²) in [6, 6.07) is 6.32. The molecule has 1 aromatic carbocycles. The highest BCUT2D eigenvalue weighted by molar-refractivity contribution is 6.00. The molecule has 0 aliphatic rings. The molecule has 1 rings (SSSR count). The molecule has 0 fully saturated rings. The van der Waals surface area contributed by atoms with E-state index in [1.165, 1.54) is 0 Å². The van der Waals surface area contributed by atoms with Crippen LogP contribution < -0.4 is 5.73 Å². The van der Waals surface area contributed by atoms with Gasteiger partial charge in [0.25, 0.3) is 0 Å². The third-order valence-electron chi connectivity index (χ3n) is 1.87. The lowest BCUT2D eigenvalue weighted by atomic mass is 10.0. The van der Waals surface area contributed by atoms with Crippen molar-refractivity contribution < 1.29 is 9.90 Å². The van der Waals surface area contributed by atoms with E-state index in [9.17, 15) is 4.79 Å². The Kier molecular flexibility index (Phi) is 3.17. The monoisotopic (exact) mass is 179 g/mol. The summed E-state index contributed by atoms with van der Waals surface area (Å²) in [7, 11) is 0. The number of rotatable bonds is 3. The Balaban J connectivity index is 2.83. The molecular weight excluding hydrogens is 166 g/mol. The van der Waals surface area contributed by atoms with Crippen molar-refractivity contribution in [3.63, 3.8) is 0 Å². The zero-order valence-electron chi connectivity index (χ0n) is 7.53. The fourth-order valence-electron chi connectivity index (χ4n) is 1.01. The van der Waals surface area contributed by atoms with E-state index < -0.39 is 6.04 Å². The van der Waals surface area contributed by atoms with E-state index in [1.807, 2.05) is 19.1 Å². The number of nitrogens with two attached hydrogens (primary N) is 1. The molecule has 13 heavy (non-hydrogen) atoms. The van der Waals surface area contributed by atoms with Gasteiger partial charge >= 0.3 is 0 Å². The number of hydrogen-bond donors (Lipinski definition) is 2. The molecule has 0 radical (unpaired) electrons. The number of aryl methyl sites for hydroxylation is 1. The van der Waals surface area contributed by atoms with Crippen molar-refractivity contribution in [2.24, 2.45) is 5.73 Å². The lowest BCUT2D eigenvalue weighted by Crippen LogP contribution is -2.33. The van der Waals surface area contributed by atoms with Crippen molar-refractivity contribution in [1.29, 1.82) is 0 Å². The maximum Gasteiger partial charge on any atom is 0.181 e. The van der Waals surface area contributed by atoms with Crippen molar-refractivity contribution in [3.8, 4) is 0 Å². The van der Waals surface area contributed by atoms with Crippen LogP contribution in [0.1, 0.15) is 15.9 Å². The third kappa shape index (κ3) is 2.37. The predicted octanol–water partition coefficient (Wildman–Crippen LogP) is 0.497. The van der Waals surface area contributed by atoms with Crippen LogP contribution in [-0.4, -0.2) is 23.5 Å². The molecule has 3 N–H and O–H groups in total.